The number of carbonyl (C=O) groups excluding carboxylic acids is 1. The first kappa shape index (κ1) is 11.2. The molecule has 0 radical (unpaired) electrons. The summed E-state index contributed by atoms with van der Waals surface area (Å²) in [6, 6.07) is 0. The standard InChI is InChI=1S/C9H17NO2/c1-3-5-9(12)10(6-4-2)7-8-11/h4,11H,2-3,5-8H2,1H3. The number of amides is 1. The van der Waals surface area contributed by atoms with Gasteiger partial charge in [-0.05, 0) is 6.42 Å². The van der Waals surface area contributed by atoms with Crippen molar-refractivity contribution in [2.24, 2.45) is 0 Å². The van der Waals surface area contributed by atoms with Crippen molar-refractivity contribution in [2.45, 2.75) is 19.8 Å². The van der Waals surface area contributed by atoms with Gasteiger partial charge in [0.05, 0.1) is 6.61 Å². The Morgan fingerprint density at radius 3 is 2.75 bits per heavy atom. The predicted molar refractivity (Wildman–Crippen MR) is 48.8 cm³/mol. The lowest BCUT2D eigenvalue weighted by molar-refractivity contribution is -0.131. The van der Waals surface area contributed by atoms with E-state index >= 15 is 0 Å². The Morgan fingerprint density at radius 2 is 2.33 bits per heavy atom. The first-order chi connectivity index (χ1) is 5.76. The molecule has 1 N–H and O–H groups in total. The van der Waals surface area contributed by atoms with Crippen LogP contribution in [0, 0.1) is 0 Å². The Bertz CT molecular complexity index is 145. The number of hydrogen-bond donors (Lipinski definition) is 1. The molecular formula is C9H17NO2. The second kappa shape index (κ2) is 6.85. The van der Waals surface area contributed by atoms with E-state index in [9.17, 15) is 4.79 Å². The fraction of sp³-hybridized carbons (Fsp3) is 0.667. The highest BCUT2D eigenvalue weighted by Crippen LogP contribution is 1.96. The summed E-state index contributed by atoms with van der Waals surface area (Å²) < 4.78 is 0. The van der Waals surface area contributed by atoms with Gasteiger partial charge in [-0.15, -0.1) is 6.58 Å². The van der Waals surface area contributed by atoms with Crippen molar-refractivity contribution >= 4 is 5.91 Å². The van der Waals surface area contributed by atoms with E-state index in [0.717, 1.165) is 6.42 Å². The molecule has 70 valence electrons. The van der Waals surface area contributed by atoms with Gasteiger partial charge in [-0.2, -0.15) is 0 Å². The molecule has 0 aromatic heterocycles. The summed E-state index contributed by atoms with van der Waals surface area (Å²) >= 11 is 0. The monoisotopic (exact) mass is 171 g/mol. The van der Waals surface area contributed by atoms with E-state index in [1.54, 1.807) is 11.0 Å². The number of nitrogens with zero attached hydrogens (tertiary/aromatic N) is 1. The van der Waals surface area contributed by atoms with Crippen molar-refractivity contribution in [3.05, 3.63) is 12.7 Å². The van der Waals surface area contributed by atoms with Gasteiger partial charge in [0.2, 0.25) is 5.91 Å². The minimum absolute atomic E-state index is 0.0172. The smallest absolute Gasteiger partial charge is 0.222 e. The first-order valence-corrected chi connectivity index (χ1v) is 4.25. The van der Waals surface area contributed by atoms with Crippen molar-refractivity contribution in [1.82, 2.24) is 4.90 Å². The predicted octanol–water partition coefficient (Wildman–Crippen LogP) is 0.793. The van der Waals surface area contributed by atoms with Crippen LogP contribution >= 0.6 is 0 Å². The maximum Gasteiger partial charge on any atom is 0.222 e. The molecule has 0 saturated heterocycles. The molecule has 0 rings (SSSR count). The SMILES string of the molecule is C=CCN(CCO)C(=O)CCC. The van der Waals surface area contributed by atoms with Crippen molar-refractivity contribution in [3.8, 4) is 0 Å². The number of aliphatic hydroxyl groups is 1. The van der Waals surface area contributed by atoms with E-state index in [1.165, 1.54) is 0 Å². The van der Waals surface area contributed by atoms with Crippen LogP contribution in [0.15, 0.2) is 12.7 Å². The van der Waals surface area contributed by atoms with Crippen LogP contribution in [0.3, 0.4) is 0 Å². The van der Waals surface area contributed by atoms with Gasteiger partial charge in [-0.3, -0.25) is 4.79 Å². The highest BCUT2D eigenvalue weighted by molar-refractivity contribution is 5.76. The second-order valence-corrected chi connectivity index (χ2v) is 2.60. The van der Waals surface area contributed by atoms with Gasteiger partial charge < -0.3 is 10.0 Å². The minimum atomic E-state index is 0.0172. The number of carbonyl (C=O) groups is 1. The van der Waals surface area contributed by atoms with E-state index in [4.69, 9.17) is 5.11 Å². The van der Waals surface area contributed by atoms with Crippen molar-refractivity contribution in [2.75, 3.05) is 19.7 Å². The second-order valence-electron chi connectivity index (χ2n) is 2.60. The third kappa shape index (κ3) is 4.13. The third-order valence-electron chi connectivity index (χ3n) is 1.54. The number of rotatable bonds is 6. The Labute approximate surface area is 73.7 Å². The summed E-state index contributed by atoms with van der Waals surface area (Å²) in [7, 11) is 0. The number of aliphatic hydroxyl groups excluding tert-OH is 1. The maximum absolute atomic E-state index is 11.3. The molecule has 0 fully saturated rings. The van der Waals surface area contributed by atoms with E-state index in [-0.39, 0.29) is 12.5 Å². The highest BCUT2D eigenvalue weighted by atomic mass is 16.3. The number of hydrogen-bond acceptors (Lipinski definition) is 2. The molecule has 0 aliphatic rings. The molecule has 0 aliphatic heterocycles. The summed E-state index contributed by atoms with van der Waals surface area (Å²) in [6.07, 6.45) is 3.06. The van der Waals surface area contributed by atoms with Gasteiger partial charge >= 0.3 is 0 Å². The molecule has 0 aromatic rings. The molecule has 0 aromatic carbocycles. The van der Waals surface area contributed by atoms with E-state index < -0.39 is 0 Å². The van der Waals surface area contributed by atoms with Gasteiger partial charge in [-0.25, -0.2) is 0 Å². The van der Waals surface area contributed by atoms with Crippen LogP contribution in [0.25, 0.3) is 0 Å². The molecule has 0 unspecified atom stereocenters. The zero-order chi connectivity index (χ0) is 9.40. The molecule has 0 saturated carbocycles. The van der Waals surface area contributed by atoms with Crippen molar-refractivity contribution in [3.63, 3.8) is 0 Å². The van der Waals surface area contributed by atoms with Crippen LogP contribution in [-0.2, 0) is 4.79 Å². The Balaban J connectivity index is 3.89. The van der Waals surface area contributed by atoms with Crippen LogP contribution in [0.5, 0.6) is 0 Å². The van der Waals surface area contributed by atoms with Crippen LogP contribution in [-0.4, -0.2) is 35.6 Å². The molecule has 0 spiro atoms. The Hall–Kier alpha value is -0.830. The van der Waals surface area contributed by atoms with E-state index in [1.807, 2.05) is 6.92 Å². The van der Waals surface area contributed by atoms with Gasteiger partial charge in [0.25, 0.3) is 0 Å². The van der Waals surface area contributed by atoms with Crippen LogP contribution < -0.4 is 0 Å². The molecule has 3 nitrogen and oxygen atoms in total. The fourth-order valence-corrected chi connectivity index (χ4v) is 0.966. The molecule has 0 heterocycles. The average Bonchev–Trinajstić information content (AvgIpc) is 2.04. The zero-order valence-corrected chi connectivity index (χ0v) is 7.62. The Morgan fingerprint density at radius 1 is 1.67 bits per heavy atom. The summed E-state index contributed by atoms with van der Waals surface area (Å²) in [5, 5.41) is 8.65. The lowest BCUT2D eigenvalue weighted by Gasteiger charge is -2.19. The molecule has 3 heteroatoms. The molecule has 0 bridgehead atoms. The van der Waals surface area contributed by atoms with E-state index in [0.29, 0.717) is 19.5 Å². The summed E-state index contributed by atoms with van der Waals surface area (Å²) in [5.74, 6) is 0.0893. The van der Waals surface area contributed by atoms with Gasteiger partial charge in [0.15, 0.2) is 0 Å². The quantitative estimate of drug-likeness (QED) is 0.600. The molecule has 0 atom stereocenters. The Kier molecular flexibility index (Phi) is 6.38. The van der Waals surface area contributed by atoms with Crippen LogP contribution in [0.1, 0.15) is 19.8 Å². The summed E-state index contributed by atoms with van der Waals surface area (Å²) in [5.41, 5.74) is 0. The van der Waals surface area contributed by atoms with Crippen molar-refractivity contribution in [1.29, 1.82) is 0 Å². The topological polar surface area (TPSA) is 40.5 Å². The largest absolute Gasteiger partial charge is 0.395 e. The van der Waals surface area contributed by atoms with E-state index in [2.05, 4.69) is 6.58 Å². The third-order valence-corrected chi connectivity index (χ3v) is 1.54. The first-order valence-electron chi connectivity index (χ1n) is 4.25. The van der Waals surface area contributed by atoms with Gasteiger partial charge in [0.1, 0.15) is 0 Å². The molecule has 12 heavy (non-hydrogen) atoms. The molecule has 0 aliphatic carbocycles. The normalized spacial score (nSPS) is 9.50. The summed E-state index contributed by atoms with van der Waals surface area (Å²) in [6.45, 7) is 6.46. The van der Waals surface area contributed by atoms with Gasteiger partial charge in [-0.1, -0.05) is 13.0 Å². The fourth-order valence-electron chi connectivity index (χ4n) is 0.966. The highest BCUT2D eigenvalue weighted by Gasteiger charge is 2.08. The minimum Gasteiger partial charge on any atom is -0.395 e. The average molecular weight is 171 g/mol. The van der Waals surface area contributed by atoms with Crippen molar-refractivity contribution < 1.29 is 9.90 Å². The lowest BCUT2D eigenvalue weighted by atomic mass is 10.3. The van der Waals surface area contributed by atoms with Crippen LogP contribution in [0.4, 0.5) is 0 Å². The summed E-state index contributed by atoms with van der Waals surface area (Å²) in [4.78, 5) is 12.9. The maximum atomic E-state index is 11.3. The lowest BCUT2D eigenvalue weighted by Crippen LogP contribution is -2.33. The molecule has 1 amide bonds. The zero-order valence-electron chi connectivity index (χ0n) is 7.62. The molecular weight excluding hydrogens is 154 g/mol. The van der Waals surface area contributed by atoms with Crippen LogP contribution in [0.2, 0.25) is 0 Å². The van der Waals surface area contributed by atoms with Gasteiger partial charge in [0, 0.05) is 19.5 Å².